The largest absolute Gasteiger partial charge is 0.268 e. The Bertz CT molecular complexity index is 325. The van der Waals surface area contributed by atoms with Gasteiger partial charge in [-0.15, -0.1) is 0 Å². The third-order valence-electron chi connectivity index (χ3n) is 3.23. The van der Waals surface area contributed by atoms with Crippen molar-refractivity contribution >= 4 is 27.5 Å². The molecule has 1 aliphatic carbocycles. The monoisotopic (exact) mass is 276 g/mol. The van der Waals surface area contributed by atoms with Crippen LogP contribution in [0.3, 0.4) is 0 Å². The van der Waals surface area contributed by atoms with E-state index >= 15 is 0 Å². The second-order valence-electron chi connectivity index (χ2n) is 4.22. The average Bonchev–Trinajstić information content (AvgIpc) is 2.42. The molecule has 0 saturated heterocycles. The molecule has 0 unspecified atom stereocenters. The molecule has 14 heavy (non-hydrogen) atoms. The van der Waals surface area contributed by atoms with Gasteiger partial charge in [-0.05, 0) is 25.2 Å². The van der Waals surface area contributed by atoms with E-state index in [1.807, 2.05) is 11.6 Å². The molecule has 0 amide bonds. The second-order valence-corrected chi connectivity index (χ2v) is 5.19. The van der Waals surface area contributed by atoms with Crippen molar-refractivity contribution in [1.29, 1.82) is 0 Å². The number of nitrogens with zero attached hydrogens (tertiary/aromatic N) is 2. The number of hydrogen-bond acceptors (Lipinski definition) is 1. The molecule has 2 rings (SSSR count). The molecule has 1 heterocycles. The summed E-state index contributed by atoms with van der Waals surface area (Å²) in [6, 6.07) is 0. The van der Waals surface area contributed by atoms with Gasteiger partial charge in [-0.2, -0.15) is 5.10 Å². The summed E-state index contributed by atoms with van der Waals surface area (Å²) in [5.74, 6) is 0. The van der Waals surface area contributed by atoms with Crippen LogP contribution < -0.4 is 0 Å². The lowest BCUT2D eigenvalue weighted by Gasteiger charge is -2.40. The zero-order valence-corrected chi connectivity index (χ0v) is 10.6. The van der Waals surface area contributed by atoms with E-state index in [4.69, 9.17) is 11.6 Å². The molecule has 4 heteroatoms. The maximum absolute atomic E-state index is 5.97. The Labute approximate surface area is 97.8 Å². The molecule has 0 bridgehead atoms. The maximum atomic E-state index is 5.97. The maximum Gasteiger partial charge on any atom is 0.0814 e. The molecule has 78 valence electrons. The van der Waals surface area contributed by atoms with Gasteiger partial charge in [0.05, 0.1) is 16.9 Å². The Morgan fingerprint density at radius 2 is 2.36 bits per heavy atom. The fourth-order valence-electron chi connectivity index (χ4n) is 1.91. The van der Waals surface area contributed by atoms with E-state index in [9.17, 15) is 0 Å². The third kappa shape index (κ3) is 1.72. The van der Waals surface area contributed by atoms with Crippen molar-refractivity contribution in [2.45, 2.75) is 32.7 Å². The van der Waals surface area contributed by atoms with E-state index in [-0.39, 0.29) is 0 Å². The van der Waals surface area contributed by atoms with Gasteiger partial charge in [-0.1, -0.05) is 34.0 Å². The zero-order chi connectivity index (χ0) is 10.2. The number of rotatable bonds is 3. The molecular formula is C10H14BrClN2. The smallest absolute Gasteiger partial charge is 0.0814 e. The van der Waals surface area contributed by atoms with Crippen LogP contribution in [0.1, 0.15) is 25.0 Å². The molecule has 0 atom stereocenters. The van der Waals surface area contributed by atoms with Gasteiger partial charge in [0.15, 0.2) is 0 Å². The number of aromatic nitrogens is 2. The third-order valence-corrected chi connectivity index (χ3v) is 4.79. The van der Waals surface area contributed by atoms with E-state index in [0.717, 1.165) is 22.6 Å². The van der Waals surface area contributed by atoms with Crippen molar-refractivity contribution in [3.05, 3.63) is 16.9 Å². The Kier molecular flexibility index (Phi) is 2.89. The van der Waals surface area contributed by atoms with Gasteiger partial charge < -0.3 is 0 Å². The lowest BCUT2D eigenvalue weighted by molar-refractivity contribution is 0.133. The van der Waals surface area contributed by atoms with Crippen LogP contribution in [0.4, 0.5) is 0 Å². The lowest BCUT2D eigenvalue weighted by Crippen LogP contribution is -2.36. The molecule has 0 aliphatic heterocycles. The topological polar surface area (TPSA) is 17.8 Å². The van der Waals surface area contributed by atoms with Crippen LogP contribution in [0.15, 0.2) is 6.20 Å². The summed E-state index contributed by atoms with van der Waals surface area (Å²) in [4.78, 5) is 0. The SMILES string of the molecule is Cc1c(Cl)cnn1CC1(CBr)CCC1. The van der Waals surface area contributed by atoms with Gasteiger partial charge in [0.2, 0.25) is 0 Å². The Hall–Kier alpha value is -0.0200. The van der Waals surface area contributed by atoms with E-state index in [1.54, 1.807) is 6.20 Å². The average molecular weight is 278 g/mol. The summed E-state index contributed by atoms with van der Waals surface area (Å²) in [7, 11) is 0. The number of hydrogen-bond donors (Lipinski definition) is 0. The predicted octanol–water partition coefficient (Wildman–Crippen LogP) is 3.41. The molecule has 0 spiro atoms. The van der Waals surface area contributed by atoms with Crippen molar-refractivity contribution in [3.63, 3.8) is 0 Å². The first-order chi connectivity index (χ1) is 6.67. The van der Waals surface area contributed by atoms with Crippen LogP contribution in [0.2, 0.25) is 5.02 Å². The molecule has 0 aromatic carbocycles. The quantitative estimate of drug-likeness (QED) is 0.774. The van der Waals surface area contributed by atoms with E-state index in [2.05, 4.69) is 21.0 Å². The molecule has 1 aromatic heterocycles. The highest BCUT2D eigenvalue weighted by Crippen LogP contribution is 2.43. The minimum Gasteiger partial charge on any atom is -0.268 e. The first-order valence-electron chi connectivity index (χ1n) is 4.91. The van der Waals surface area contributed by atoms with Gasteiger partial charge in [0, 0.05) is 11.9 Å². The summed E-state index contributed by atoms with van der Waals surface area (Å²) in [6.07, 6.45) is 5.68. The van der Waals surface area contributed by atoms with Crippen LogP contribution >= 0.6 is 27.5 Å². The molecular weight excluding hydrogens is 263 g/mol. The summed E-state index contributed by atoms with van der Waals surface area (Å²) in [6.45, 7) is 3.02. The molecule has 1 aliphatic rings. The normalized spacial score (nSPS) is 19.4. The molecule has 2 nitrogen and oxygen atoms in total. The van der Waals surface area contributed by atoms with Crippen LogP contribution in [-0.2, 0) is 6.54 Å². The highest BCUT2D eigenvalue weighted by Gasteiger charge is 2.36. The van der Waals surface area contributed by atoms with Crippen LogP contribution in [0.5, 0.6) is 0 Å². The Balaban J connectivity index is 2.13. The molecule has 1 fully saturated rings. The summed E-state index contributed by atoms with van der Waals surface area (Å²) >= 11 is 9.57. The second kappa shape index (κ2) is 3.86. The van der Waals surface area contributed by atoms with Crippen molar-refractivity contribution < 1.29 is 0 Å². The van der Waals surface area contributed by atoms with Gasteiger partial charge in [0.25, 0.3) is 0 Å². The van der Waals surface area contributed by atoms with Gasteiger partial charge in [-0.3, -0.25) is 4.68 Å². The van der Waals surface area contributed by atoms with E-state index in [1.165, 1.54) is 19.3 Å². The van der Waals surface area contributed by atoms with E-state index < -0.39 is 0 Å². The number of alkyl halides is 1. The van der Waals surface area contributed by atoms with Crippen LogP contribution in [0, 0.1) is 12.3 Å². The van der Waals surface area contributed by atoms with Crippen LogP contribution in [0.25, 0.3) is 0 Å². The summed E-state index contributed by atoms with van der Waals surface area (Å²) < 4.78 is 2.03. The van der Waals surface area contributed by atoms with Gasteiger partial charge in [-0.25, -0.2) is 0 Å². The lowest BCUT2D eigenvalue weighted by atomic mass is 9.70. The predicted molar refractivity (Wildman–Crippen MR) is 62.1 cm³/mol. The van der Waals surface area contributed by atoms with Crippen molar-refractivity contribution in [3.8, 4) is 0 Å². The standard InChI is InChI=1S/C10H14BrClN2/c1-8-9(12)5-13-14(8)7-10(6-11)3-2-4-10/h5H,2-4,6-7H2,1H3. The highest BCUT2D eigenvalue weighted by molar-refractivity contribution is 9.09. The molecule has 1 saturated carbocycles. The fraction of sp³-hybridized carbons (Fsp3) is 0.700. The van der Waals surface area contributed by atoms with Crippen molar-refractivity contribution in [1.82, 2.24) is 9.78 Å². The first-order valence-corrected chi connectivity index (χ1v) is 6.41. The first kappa shape index (κ1) is 10.5. The van der Waals surface area contributed by atoms with Crippen molar-refractivity contribution in [2.24, 2.45) is 5.41 Å². The minimum atomic E-state index is 0.431. The van der Waals surface area contributed by atoms with E-state index in [0.29, 0.717) is 5.41 Å². The summed E-state index contributed by atoms with van der Waals surface area (Å²) in [5, 5.41) is 6.13. The Morgan fingerprint density at radius 1 is 1.64 bits per heavy atom. The Morgan fingerprint density at radius 3 is 2.71 bits per heavy atom. The molecule has 0 radical (unpaired) electrons. The fourth-order valence-corrected chi connectivity index (χ4v) is 2.79. The highest BCUT2D eigenvalue weighted by atomic mass is 79.9. The number of halogens is 2. The van der Waals surface area contributed by atoms with Crippen LogP contribution in [-0.4, -0.2) is 15.1 Å². The molecule has 1 aromatic rings. The summed E-state index contributed by atoms with van der Waals surface area (Å²) in [5.41, 5.74) is 1.51. The molecule has 0 N–H and O–H groups in total. The minimum absolute atomic E-state index is 0.431. The van der Waals surface area contributed by atoms with Gasteiger partial charge >= 0.3 is 0 Å². The van der Waals surface area contributed by atoms with Gasteiger partial charge in [0.1, 0.15) is 0 Å². The zero-order valence-electron chi connectivity index (χ0n) is 8.26. The van der Waals surface area contributed by atoms with Crippen molar-refractivity contribution in [2.75, 3.05) is 5.33 Å².